The van der Waals surface area contributed by atoms with Crippen molar-refractivity contribution in [2.75, 3.05) is 0 Å². The summed E-state index contributed by atoms with van der Waals surface area (Å²) in [5.74, 6) is 8.07. The van der Waals surface area contributed by atoms with Gasteiger partial charge in [0, 0.05) is 11.3 Å². The van der Waals surface area contributed by atoms with Crippen LogP contribution in [-0.2, 0) is 0 Å². The predicted octanol–water partition coefficient (Wildman–Crippen LogP) is 2.71. The quantitative estimate of drug-likeness (QED) is 0.352. The van der Waals surface area contributed by atoms with Gasteiger partial charge in [-0.3, -0.25) is 11.3 Å². The maximum absolute atomic E-state index is 6.00. The summed E-state index contributed by atoms with van der Waals surface area (Å²) in [7, 11) is 0. The molecule has 4 heteroatoms. The molecule has 0 aliphatic heterocycles. The Morgan fingerprint density at radius 2 is 2.50 bits per heavy atom. The Labute approximate surface area is 93.4 Å². The third-order valence-electron chi connectivity index (χ3n) is 1.98. The highest BCUT2D eigenvalue weighted by Crippen LogP contribution is 2.30. The first-order valence-electron chi connectivity index (χ1n) is 4.42. The van der Waals surface area contributed by atoms with Crippen LogP contribution in [-0.4, -0.2) is 0 Å². The molecular weight excluding hydrogens is 216 g/mol. The fraction of sp³-hybridized carbons (Fsp3) is 0.400. The second-order valence-corrected chi connectivity index (χ2v) is 4.30. The molecular formula is C10H13ClN2S. The summed E-state index contributed by atoms with van der Waals surface area (Å²) in [5, 5.41) is 2.74. The number of hydrogen-bond acceptors (Lipinski definition) is 3. The van der Waals surface area contributed by atoms with Crippen molar-refractivity contribution in [1.29, 1.82) is 0 Å². The van der Waals surface area contributed by atoms with Gasteiger partial charge in [0.25, 0.3) is 0 Å². The molecule has 1 heterocycles. The van der Waals surface area contributed by atoms with E-state index >= 15 is 0 Å². The molecule has 3 N–H and O–H groups in total. The first kappa shape index (κ1) is 11.5. The first-order valence-corrected chi connectivity index (χ1v) is 5.67. The average molecular weight is 229 g/mol. The highest BCUT2D eigenvalue weighted by atomic mass is 35.5. The van der Waals surface area contributed by atoms with Crippen LogP contribution in [0.5, 0.6) is 0 Å². The van der Waals surface area contributed by atoms with Gasteiger partial charge in [-0.15, -0.1) is 23.7 Å². The van der Waals surface area contributed by atoms with E-state index in [-0.39, 0.29) is 6.04 Å². The van der Waals surface area contributed by atoms with Crippen LogP contribution in [0.15, 0.2) is 11.4 Å². The summed E-state index contributed by atoms with van der Waals surface area (Å²) in [4.78, 5) is 1.09. The molecule has 0 fully saturated rings. The van der Waals surface area contributed by atoms with E-state index < -0.39 is 0 Å². The molecule has 0 radical (unpaired) electrons. The van der Waals surface area contributed by atoms with Gasteiger partial charge in [0.2, 0.25) is 0 Å². The van der Waals surface area contributed by atoms with Gasteiger partial charge in [-0.1, -0.05) is 11.6 Å². The minimum absolute atomic E-state index is 0.121. The van der Waals surface area contributed by atoms with Crippen molar-refractivity contribution in [3.63, 3.8) is 0 Å². The van der Waals surface area contributed by atoms with Crippen molar-refractivity contribution in [1.82, 2.24) is 5.43 Å². The molecule has 0 aromatic carbocycles. The van der Waals surface area contributed by atoms with Crippen molar-refractivity contribution in [3.05, 3.63) is 21.3 Å². The smallest absolute Gasteiger partial charge is 0.0568 e. The largest absolute Gasteiger partial charge is 0.271 e. The molecule has 1 aromatic heterocycles. The SMILES string of the molecule is C#CCCCC(NN)c1sccc1Cl. The molecule has 0 bridgehead atoms. The van der Waals surface area contributed by atoms with Gasteiger partial charge in [0.05, 0.1) is 11.1 Å². The van der Waals surface area contributed by atoms with E-state index in [0.29, 0.717) is 0 Å². The number of thiophene rings is 1. The minimum atomic E-state index is 0.121. The molecule has 0 aliphatic carbocycles. The molecule has 76 valence electrons. The first-order chi connectivity index (χ1) is 6.79. The average Bonchev–Trinajstić information content (AvgIpc) is 2.60. The van der Waals surface area contributed by atoms with E-state index in [9.17, 15) is 0 Å². The van der Waals surface area contributed by atoms with E-state index in [2.05, 4.69) is 11.3 Å². The zero-order chi connectivity index (χ0) is 10.4. The maximum atomic E-state index is 6.00. The monoisotopic (exact) mass is 228 g/mol. The van der Waals surface area contributed by atoms with Crippen molar-refractivity contribution < 1.29 is 0 Å². The molecule has 14 heavy (non-hydrogen) atoms. The summed E-state index contributed by atoms with van der Waals surface area (Å²) < 4.78 is 0. The fourth-order valence-electron chi connectivity index (χ4n) is 1.25. The van der Waals surface area contributed by atoms with E-state index in [4.69, 9.17) is 23.9 Å². The lowest BCUT2D eigenvalue weighted by Crippen LogP contribution is -2.27. The summed E-state index contributed by atoms with van der Waals surface area (Å²) in [6, 6.07) is 2.00. The number of halogens is 1. The maximum Gasteiger partial charge on any atom is 0.0568 e. The number of nitrogens with two attached hydrogens (primary N) is 1. The third kappa shape index (κ3) is 3.00. The van der Waals surface area contributed by atoms with Crippen LogP contribution in [0.4, 0.5) is 0 Å². The summed E-state index contributed by atoms with van der Waals surface area (Å²) in [6.07, 6.45) is 7.83. The van der Waals surface area contributed by atoms with Crippen molar-refractivity contribution in [2.24, 2.45) is 5.84 Å². The number of hydrogen-bond donors (Lipinski definition) is 2. The fourth-order valence-corrected chi connectivity index (χ4v) is 2.54. The molecule has 1 atom stereocenters. The molecule has 0 saturated carbocycles. The minimum Gasteiger partial charge on any atom is -0.271 e. The normalized spacial score (nSPS) is 12.4. The van der Waals surface area contributed by atoms with Gasteiger partial charge in [-0.25, -0.2) is 0 Å². The van der Waals surface area contributed by atoms with Crippen LogP contribution in [0.2, 0.25) is 5.02 Å². The Balaban J connectivity index is 2.55. The van der Waals surface area contributed by atoms with E-state index in [1.54, 1.807) is 11.3 Å². The Morgan fingerprint density at radius 3 is 3.00 bits per heavy atom. The number of rotatable bonds is 5. The Kier molecular flexibility index (Phi) is 4.99. The zero-order valence-electron chi connectivity index (χ0n) is 7.79. The lowest BCUT2D eigenvalue weighted by molar-refractivity contribution is 0.510. The standard InChI is InChI=1S/C10H13ClN2S/c1-2-3-4-5-9(13-12)10-8(11)6-7-14-10/h1,6-7,9,13H,3-5,12H2. The molecule has 1 rings (SSSR count). The Hall–Kier alpha value is -0.530. The molecule has 1 aromatic rings. The van der Waals surface area contributed by atoms with Gasteiger partial charge in [-0.05, 0) is 24.3 Å². The highest BCUT2D eigenvalue weighted by molar-refractivity contribution is 7.10. The van der Waals surface area contributed by atoms with Crippen molar-refractivity contribution in [2.45, 2.75) is 25.3 Å². The lowest BCUT2D eigenvalue weighted by atomic mass is 10.1. The van der Waals surface area contributed by atoms with Crippen molar-refractivity contribution in [3.8, 4) is 12.3 Å². The Morgan fingerprint density at radius 1 is 1.71 bits per heavy atom. The van der Waals surface area contributed by atoms with Gasteiger partial charge in [0.15, 0.2) is 0 Å². The molecule has 0 spiro atoms. The number of unbranched alkanes of at least 4 members (excludes halogenated alkanes) is 1. The van der Waals surface area contributed by atoms with Crippen LogP contribution in [0.25, 0.3) is 0 Å². The zero-order valence-corrected chi connectivity index (χ0v) is 9.37. The van der Waals surface area contributed by atoms with Crippen LogP contribution < -0.4 is 11.3 Å². The van der Waals surface area contributed by atoms with Gasteiger partial charge < -0.3 is 0 Å². The van der Waals surface area contributed by atoms with E-state index in [1.807, 2.05) is 11.4 Å². The number of hydrazine groups is 1. The third-order valence-corrected chi connectivity index (χ3v) is 3.45. The van der Waals surface area contributed by atoms with E-state index in [1.165, 1.54) is 0 Å². The number of nitrogens with one attached hydrogen (secondary N) is 1. The van der Waals surface area contributed by atoms with Gasteiger partial charge in [0.1, 0.15) is 0 Å². The molecule has 0 aliphatic rings. The van der Waals surface area contributed by atoms with Crippen LogP contribution in [0.1, 0.15) is 30.2 Å². The molecule has 0 amide bonds. The van der Waals surface area contributed by atoms with Gasteiger partial charge >= 0.3 is 0 Å². The van der Waals surface area contributed by atoms with Gasteiger partial charge in [-0.2, -0.15) is 0 Å². The summed E-state index contributed by atoms with van der Waals surface area (Å²) in [5.41, 5.74) is 2.76. The summed E-state index contributed by atoms with van der Waals surface area (Å²) >= 11 is 7.61. The van der Waals surface area contributed by atoms with Crippen LogP contribution >= 0.6 is 22.9 Å². The highest BCUT2D eigenvalue weighted by Gasteiger charge is 2.13. The topological polar surface area (TPSA) is 38.0 Å². The van der Waals surface area contributed by atoms with E-state index in [0.717, 1.165) is 29.2 Å². The molecule has 2 nitrogen and oxygen atoms in total. The Bertz CT molecular complexity index is 316. The number of terminal acetylenes is 1. The lowest BCUT2D eigenvalue weighted by Gasteiger charge is -2.13. The van der Waals surface area contributed by atoms with Crippen molar-refractivity contribution >= 4 is 22.9 Å². The second kappa shape index (κ2) is 6.05. The van der Waals surface area contributed by atoms with Crippen LogP contribution in [0.3, 0.4) is 0 Å². The molecule has 0 saturated heterocycles. The predicted molar refractivity (Wildman–Crippen MR) is 62.1 cm³/mol. The molecule has 1 unspecified atom stereocenters. The van der Waals surface area contributed by atoms with Crippen LogP contribution in [0, 0.1) is 12.3 Å². The summed E-state index contributed by atoms with van der Waals surface area (Å²) in [6.45, 7) is 0. The second-order valence-electron chi connectivity index (χ2n) is 2.95.